The molecule has 7 heteroatoms. The summed E-state index contributed by atoms with van der Waals surface area (Å²) in [6.07, 6.45) is 3.09. The molecule has 29 heavy (non-hydrogen) atoms. The van der Waals surface area contributed by atoms with E-state index >= 15 is 0 Å². The minimum Gasteiger partial charge on any atom is -0.490 e. The lowest BCUT2D eigenvalue weighted by Crippen LogP contribution is -2.18. The van der Waals surface area contributed by atoms with Crippen LogP contribution in [-0.2, 0) is 6.61 Å². The molecule has 0 aliphatic carbocycles. The third kappa shape index (κ3) is 5.89. The van der Waals surface area contributed by atoms with Crippen molar-refractivity contribution in [3.8, 4) is 11.5 Å². The van der Waals surface area contributed by atoms with Crippen molar-refractivity contribution in [3.05, 3.63) is 88.2 Å². The number of carbonyl (C=O) groups excluding carboxylic acids is 1. The third-order valence-electron chi connectivity index (χ3n) is 3.87. The predicted octanol–water partition coefficient (Wildman–Crippen LogP) is 4.59. The summed E-state index contributed by atoms with van der Waals surface area (Å²) in [5, 5.41) is 4.01. The monoisotopic (exact) mass is 453 g/mol. The van der Waals surface area contributed by atoms with Gasteiger partial charge in [0.1, 0.15) is 12.3 Å². The summed E-state index contributed by atoms with van der Waals surface area (Å²) in [5.74, 6) is 0.840. The fraction of sp³-hybridized carbons (Fsp3) is 0.136. The molecule has 0 bridgehead atoms. The minimum atomic E-state index is -0.384. The van der Waals surface area contributed by atoms with E-state index < -0.39 is 0 Å². The molecule has 0 fully saturated rings. The molecule has 3 aromatic rings. The first-order valence-electron chi connectivity index (χ1n) is 9.05. The van der Waals surface area contributed by atoms with E-state index in [-0.39, 0.29) is 5.91 Å². The topological polar surface area (TPSA) is 72.8 Å². The molecule has 1 heterocycles. The number of hydrazone groups is 1. The van der Waals surface area contributed by atoms with Crippen molar-refractivity contribution >= 4 is 28.1 Å². The molecule has 0 radical (unpaired) electrons. The van der Waals surface area contributed by atoms with Gasteiger partial charge < -0.3 is 9.47 Å². The first kappa shape index (κ1) is 20.5. The Hall–Kier alpha value is -3.19. The summed E-state index contributed by atoms with van der Waals surface area (Å²) in [6.45, 7) is 2.83. The summed E-state index contributed by atoms with van der Waals surface area (Å²) in [4.78, 5) is 16.0. The Morgan fingerprint density at radius 2 is 1.86 bits per heavy atom. The van der Waals surface area contributed by atoms with Gasteiger partial charge in [-0.15, -0.1) is 0 Å². The van der Waals surface area contributed by atoms with Crippen molar-refractivity contribution in [2.24, 2.45) is 5.10 Å². The van der Waals surface area contributed by atoms with Gasteiger partial charge in [0.15, 0.2) is 11.5 Å². The number of hydrogen-bond acceptors (Lipinski definition) is 5. The number of rotatable bonds is 8. The van der Waals surface area contributed by atoms with Gasteiger partial charge in [0.05, 0.1) is 12.8 Å². The van der Waals surface area contributed by atoms with E-state index in [9.17, 15) is 4.79 Å². The van der Waals surface area contributed by atoms with Crippen LogP contribution in [0.1, 0.15) is 28.5 Å². The second-order valence-electron chi connectivity index (χ2n) is 5.94. The highest BCUT2D eigenvalue weighted by atomic mass is 79.9. The quantitative estimate of drug-likeness (QED) is 0.399. The van der Waals surface area contributed by atoms with Crippen LogP contribution in [0.4, 0.5) is 0 Å². The maximum Gasteiger partial charge on any atom is 0.289 e. The molecule has 1 amide bonds. The van der Waals surface area contributed by atoms with Crippen molar-refractivity contribution in [1.29, 1.82) is 0 Å². The zero-order valence-corrected chi connectivity index (χ0v) is 17.4. The van der Waals surface area contributed by atoms with Crippen LogP contribution < -0.4 is 14.9 Å². The van der Waals surface area contributed by atoms with Crippen LogP contribution in [0.25, 0.3) is 0 Å². The lowest BCUT2D eigenvalue weighted by molar-refractivity contribution is 0.0950. The van der Waals surface area contributed by atoms with E-state index in [4.69, 9.17) is 9.47 Å². The van der Waals surface area contributed by atoms with E-state index in [0.29, 0.717) is 30.4 Å². The molecule has 0 aliphatic heterocycles. The zero-order valence-electron chi connectivity index (χ0n) is 15.8. The molecule has 148 valence electrons. The normalized spacial score (nSPS) is 10.7. The van der Waals surface area contributed by atoms with E-state index in [1.54, 1.807) is 24.4 Å². The summed E-state index contributed by atoms with van der Waals surface area (Å²) in [5.41, 5.74) is 4.56. The van der Waals surface area contributed by atoms with E-state index in [1.165, 1.54) is 6.21 Å². The van der Waals surface area contributed by atoms with Gasteiger partial charge in [-0.05, 0) is 52.7 Å². The SMILES string of the molecule is CCOc1cc(/C=N\NC(=O)c2ccccn2)c(Br)cc1OCc1ccccc1. The van der Waals surface area contributed by atoms with Gasteiger partial charge in [-0.3, -0.25) is 9.78 Å². The smallest absolute Gasteiger partial charge is 0.289 e. The Balaban J connectivity index is 1.72. The van der Waals surface area contributed by atoms with Crippen LogP contribution >= 0.6 is 15.9 Å². The van der Waals surface area contributed by atoms with Gasteiger partial charge >= 0.3 is 0 Å². The maximum atomic E-state index is 12.0. The average Bonchev–Trinajstić information content (AvgIpc) is 2.76. The number of halogens is 1. The van der Waals surface area contributed by atoms with Crippen molar-refractivity contribution in [1.82, 2.24) is 10.4 Å². The molecule has 0 spiro atoms. The van der Waals surface area contributed by atoms with E-state index in [2.05, 4.69) is 31.4 Å². The number of ether oxygens (including phenoxy) is 2. The zero-order chi connectivity index (χ0) is 20.5. The largest absolute Gasteiger partial charge is 0.490 e. The summed E-state index contributed by atoms with van der Waals surface area (Å²) in [6, 6.07) is 18.6. The fourth-order valence-electron chi connectivity index (χ4n) is 2.48. The van der Waals surface area contributed by atoms with E-state index in [0.717, 1.165) is 15.6 Å². The Morgan fingerprint density at radius 1 is 1.10 bits per heavy atom. The van der Waals surface area contributed by atoms with Crippen molar-refractivity contribution in [3.63, 3.8) is 0 Å². The molecule has 1 N–H and O–H groups in total. The predicted molar refractivity (Wildman–Crippen MR) is 115 cm³/mol. The van der Waals surface area contributed by atoms with Gasteiger partial charge in [0.2, 0.25) is 0 Å². The molecular formula is C22H20BrN3O3. The third-order valence-corrected chi connectivity index (χ3v) is 4.55. The second kappa shape index (κ2) is 10.4. The number of aromatic nitrogens is 1. The number of amides is 1. The van der Waals surface area contributed by atoms with Crippen LogP contribution in [0.2, 0.25) is 0 Å². The summed E-state index contributed by atoms with van der Waals surface area (Å²) >= 11 is 3.52. The standard InChI is InChI=1S/C22H20BrN3O3/c1-2-28-20-12-17(14-25-26-22(27)19-10-6-7-11-24-19)18(23)13-21(20)29-15-16-8-4-3-5-9-16/h3-14H,2,15H2,1H3,(H,26,27)/b25-14-. The first-order chi connectivity index (χ1) is 14.2. The maximum absolute atomic E-state index is 12.0. The molecule has 1 aromatic heterocycles. The van der Waals surface area contributed by atoms with Gasteiger partial charge in [-0.1, -0.05) is 36.4 Å². The van der Waals surface area contributed by atoms with Gasteiger partial charge in [0.25, 0.3) is 5.91 Å². The van der Waals surface area contributed by atoms with Crippen LogP contribution in [0.3, 0.4) is 0 Å². The number of carbonyl (C=O) groups is 1. The summed E-state index contributed by atoms with van der Waals surface area (Å²) in [7, 11) is 0. The Labute approximate surface area is 177 Å². The van der Waals surface area contributed by atoms with Crippen LogP contribution in [0.5, 0.6) is 11.5 Å². The van der Waals surface area contributed by atoms with Crippen molar-refractivity contribution in [2.45, 2.75) is 13.5 Å². The highest BCUT2D eigenvalue weighted by Crippen LogP contribution is 2.33. The Morgan fingerprint density at radius 3 is 2.59 bits per heavy atom. The Bertz CT molecular complexity index is 979. The van der Waals surface area contributed by atoms with Gasteiger partial charge in [-0.2, -0.15) is 5.10 Å². The first-order valence-corrected chi connectivity index (χ1v) is 9.84. The van der Waals surface area contributed by atoms with Crippen LogP contribution in [0.15, 0.2) is 76.4 Å². The van der Waals surface area contributed by atoms with Crippen LogP contribution in [-0.4, -0.2) is 23.7 Å². The highest BCUT2D eigenvalue weighted by molar-refractivity contribution is 9.10. The molecule has 0 atom stereocenters. The van der Waals surface area contributed by atoms with Crippen LogP contribution in [0, 0.1) is 0 Å². The lowest BCUT2D eigenvalue weighted by atomic mass is 10.2. The number of benzene rings is 2. The molecule has 6 nitrogen and oxygen atoms in total. The molecule has 0 aliphatic rings. The average molecular weight is 454 g/mol. The van der Waals surface area contributed by atoms with Crippen molar-refractivity contribution < 1.29 is 14.3 Å². The molecule has 0 unspecified atom stereocenters. The minimum absolute atomic E-state index is 0.295. The number of hydrogen-bond donors (Lipinski definition) is 1. The number of nitrogens with zero attached hydrogens (tertiary/aromatic N) is 2. The molecule has 0 saturated heterocycles. The molecule has 0 saturated carbocycles. The highest BCUT2D eigenvalue weighted by Gasteiger charge is 2.11. The number of nitrogens with one attached hydrogen (secondary N) is 1. The molecular weight excluding hydrogens is 434 g/mol. The lowest BCUT2D eigenvalue weighted by Gasteiger charge is -2.14. The molecule has 3 rings (SSSR count). The van der Waals surface area contributed by atoms with Crippen molar-refractivity contribution in [2.75, 3.05) is 6.61 Å². The molecule has 2 aromatic carbocycles. The van der Waals surface area contributed by atoms with E-state index in [1.807, 2.05) is 49.4 Å². The van der Waals surface area contributed by atoms with Gasteiger partial charge in [-0.25, -0.2) is 5.43 Å². The summed E-state index contributed by atoms with van der Waals surface area (Å²) < 4.78 is 12.4. The number of pyridine rings is 1. The fourth-order valence-corrected chi connectivity index (χ4v) is 2.91. The van der Waals surface area contributed by atoms with Gasteiger partial charge in [0, 0.05) is 16.2 Å². The Kier molecular flexibility index (Phi) is 7.35. The second-order valence-corrected chi connectivity index (χ2v) is 6.80.